The van der Waals surface area contributed by atoms with Crippen LogP contribution in [0.4, 0.5) is 0 Å². The molecule has 5 heteroatoms. The third-order valence-electron chi connectivity index (χ3n) is 2.28. The fourth-order valence-electron chi connectivity index (χ4n) is 1.36. The van der Waals surface area contributed by atoms with Crippen molar-refractivity contribution in [1.82, 2.24) is 15.2 Å². The van der Waals surface area contributed by atoms with Gasteiger partial charge in [0.15, 0.2) is 5.16 Å². The molecule has 0 fully saturated rings. The number of benzene rings is 1. The van der Waals surface area contributed by atoms with Gasteiger partial charge in [-0.1, -0.05) is 37.7 Å². The minimum Gasteiger partial charge on any atom is -0.493 e. The molecule has 0 aliphatic carbocycles. The maximum absolute atomic E-state index is 5.64. The van der Waals surface area contributed by atoms with Gasteiger partial charge >= 0.3 is 0 Å². The molecule has 96 valence electrons. The number of hydrogen-bond donors (Lipinski definition) is 1. The molecule has 1 aromatic carbocycles. The first-order valence-electron chi connectivity index (χ1n) is 5.94. The summed E-state index contributed by atoms with van der Waals surface area (Å²) in [5.41, 5.74) is 1.24. The quantitative estimate of drug-likeness (QED) is 0.813. The van der Waals surface area contributed by atoms with Gasteiger partial charge in [-0.25, -0.2) is 4.98 Å². The highest BCUT2D eigenvalue weighted by Crippen LogP contribution is 2.20. The number of ether oxygens (including phenoxy) is 1. The molecule has 0 aliphatic heterocycles. The third-order valence-corrected chi connectivity index (χ3v) is 3.22. The fourth-order valence-corrected chi connectivity index (χ4v) is 2.10. The summed E-state index contributed by atoms with van der Waals surface area (Å²) in [6.45, 7) is 5.04. The normalized spacial score (nSPS) is 10.8. The molecule has 1 heterocycles. The molecule has 2 rings (SSSR count). The highest BCUT2D eigenvalue weighted by molar-refractivity contribution is 7.98. The summed E-state index contributed by atoms with van der Waals surface area (Å²) in [7, 11) is 0. The molecule has 18 heavy (non-hydrogen) atoms. The Labute approximate surface area is 111 Å². The second-order valence-corrected chi connectivity index (χ2v) is 5.39. The van der Waals surface area contributed by atoms with E-state index < -0.39 is 0 Å². The van der Waals surface area contributed by atoms with E-state index in [4.69, 9.17) is 4.74 Å². The van der Waals surface area contributed by atoms with Gasteiger partial charge in [0.2, 0.25) is 0 Å². The van der Waals surface area contributed by atoms with Crippen LogP contribution in [-0.2, 0) is 5.75 Å². The lowest BCUT2D eigenvalue weighted by atomic mass is 10.2. The summed E-state index contributed by atoms with van der Waals surface area (Å²) in [5, 5.41) is 7.48. The molecule has 0 saturated heterocycles. The van der Waals surface area contributed by atoms with Gasteiger partial charge in [-0.15, -0.1) is 0 Å². The first-order chi connectivity index (χ1) is 8.74. The number of nitrogens with zero attached hydrogens (tertiary/aromatic N) is 2. The van der Waals surface area contributed by atoms with Gasteiger partial charge in [-0.05, 0) is 23.6 Å². The zero-order chi connectivity index (χ0) is 12.8. The van der Waals surface area contributed by atoms with Crippen LogP contribution in [-0.4, -0.2) is 21.8 Å². The minimum absolute atomic E-state index is 0.548. The van der Waals surface area contributed by atoms with Crippen molar-refractivity contribution in [2.75, 3.05) is 6.61 Å². The Morgan fingerprint density at radius 3 is 2.67 bits per heavy atom. The molecule has 0 atom stereocenters. The average Bonchev–Trinajstić information content (AvgIpc) is 2.88. The van der Waals surface area contributed by atoms with Crippen LogP contribution in [0.3, 0.4) is 0 Å². The monoisotopic (exact) mass is 263 g/mol. The van der Waals surface area contributed by atoms with E-state index >= 15 is 0 Å². The Bertz CT molecular complexity index is 454. The number of rotatable bonds is 6. The van der Waals surface area contributed by atoms with Gasteiger partial charge in [0.25, 0.3) is 0 Å². The minimum atomic E-state index is 0.548. The maximum Gasteiger partial charge on any atom is 0.183 e. The Morgan fingerprint density at radius 2 is 2.06 bits per heavy atom. The molecule has 0 spiro atoms. The van der Waals surface area contributed by atoms with E-state index in [1.165, 1.54) is 11.9 Å². The van der Waals surface area contributed by atoms with Crippen LogP contribution in [0.2, 0.25) is 0 Å². The van der Waals surface area contributed by atoms with Gasteiger partial charge < -0.3 is 4.74 Å². The smallest absolute Gasteiger partial charge is 0.183 e. The maximum atomic E-state index is 5.64. The van der Waals surface area contributed by atoms with E-state index in [1.54, 1.807) is 11.8 Å². The van der Waals surface area contributed by atoms with Crippen molar-refractivity contribution in [3.63, 3.8) is 0 Å². The summed E-state index contributed by atoms with van der Waals surface area (Å²) < 4.78 is 5.64. The van der Waals surface area contributed by atoms with Crippen LogP contribution in [0.1, 0.15) is 19.4 Å². The zero-order valence-electron chi connectivity index (χ0n) is 10.6. The summed E-state index contributed by atoms with van der Waals surface area (Å²) in [6.07, 6.45) is 1.52. The second-order valence-electron chi connectivity index (χ2n) is 4.43. The number of thioether (sulfide) groups is 1. The van der Waals surface area contributed by atoms with Gasteiger partial charge in [0, 0.05) is 5.75 Å². The van der Waals surface area contributed by atoms with E-state index in [2.05, 4.69) is 41.2 Å². The first kappa shape index (κ1) is 13.0. The summed E-state index contributed by atoms with van der Waals surface area (Å²) >= 11 is 1.63. The molecule has 1 aromatic heterocycles. The number of hydrogen-bond acceptors (Lipinski definition) is 4. The van der Waals surface area contributed by atoms with Gasteiger partial charge in [-0.2, -0.15) is 5.10 Å². The lowest BCUT2D eigenvalue weighted by Crippen LogP contribution is -2.04. The number of H-pyrrole nitrogens is 1. The molecule has 0 bridgehead atoms. The Hall–Kier alpha value is -1.49. The Balaban J connectivity index is 1.83. The summed E-state index contributed by atoms with van der Waals surface area (Å²) in [5.74, 6) is 2.35. The Morgan fingerprint density at radius 1 is 1.28 bits per heavy atom. The number of aromatic amines is 1. The van der Waals surface area contributed by atoms with Crippen LogP contribution < -0.4 is 4.74 Å². The second kappa shape index (κ2) is 6.44. The predicted octanol–water partition coefficient (Wildman–Crippen LogP) is 3.13. The number of nitrogens with one attached hydrogen (secondary N) is 1. The molecule has 0 amide bonds. The van der Waals surface area contributed by atoms with E-state index in [-0.39, 0.29) is 0 Å². The Kier molecular flexibility index (Phi) is 4.64. The molecular formula is C13H17N3OS. The van der Waals surface area contributed by atoms with Crippen LogP contribution in [0.15, 0.2) is 35.7 Å². The zero-order valence-corrected chi connectivity index (χ0v) is 11.4. The van der Waals surface area contributed by atoms with E-state index in [1.807, 2.05) is 12.1 Å². The van der Waals surface area contributed by atoms with Crippen molar-refractivity contribution in [1.29, 1.82) is 0 Å². The van der Waals surface area contributed by atoms with E-state index in [0.717, 1.165) is 23.3 Å². The molecule has 2 aromatic rings. The molecule has 0 radical (unpaired) electrons. The molecule has 1 N–H and O–H groups in total. The van der Waals surface area contributed by atoms with Crippen molar-refractivity contribution in [3.8, 4) is 5.75 Å². The van der Waals surface area contributed by atoms with Crippen molar-refractivity contribution in [2.24, 2.45) is 5.92 Å². The summed E-state index contributed by atoms with van der Waals surface area (Å²) in [6, 6.07) is 8.19. The van der Waals surface area contributed by atoms with Gasteiger partial charge in [-0.3, -0.25) is 5.10 Å². The van der Waals surface area contributed by atoms with E-state index in [9.17, 15) is 0 Å². The van der Waals surface area contributed by atoms with Crippen LogP contribution >= 0.6 is 11.8 Å². The van der Waals surface area contributed by atoms with Crippen LogP contribution in [0.5, 0.6) is 5.75 Å². The van der Waals surface area contributed by atoms with Crippen LogP contribution in [0.25, 0.3) is 0 Å². The lowest BCUT2D eigenvalue weighted by Gasteiger charge is -2.08. The molecule has 0 aliphatic rings. The number of aromatic nitrogens is 3. The third kappa shape index (κ3) is 4.07. The molecule has 0 saturated carbocycles. The standard InChI is InChI=1S/C13H17N3OS/c1-10(2)7-17-12-5-3-11(4-6-12)8-18-13-14-9-15-16-13/h3-6,9-10H,7-8H2,1-2H3,(H,14,15,16). The average molecular weight is 263 g/mol. The largest absolute Gasteiger partial charge is 0.493 e. The van der Waals surface area contributed by atoms with E-state index in [0.29, 0.717) is 5.92 Å². The molecule has 4 nitrogen and oxygen atoms in total. The molecule has 0 unspecified atom stereocenters. The fraction of sp³-hybridized carbons (Fsp3) is 0.385. The van der Waals surface area contributed by atoms with Crippen molar-refractivity contribution in [3.05, 3.63) is 36.2 Å². The highest BCUT2D eigenvalue weighted by atomic mass is 32.2. The lowest BCUT2D eigenvalue weighted by molar-refractivity contribution is 0.271. The van der Waals surface area contributed by atoms with Crippen molar-refractivity contribution >= 4 is 11.8 Å². The van der Waals surface area contributed by atoms with Gasteiger partial charge in [0.1, 0.15) is 12.1 Å². The molecular weight excluding hydrogens is 246 g/mol. The van der Waals surface area contributed by atoms with Gasteiger partial charge in [0.05, 0.1) is 6.61 Å². The summed E-state index contributed by atoms with van der Waals surface area (Å²) in [4.78, 5) is 4.07. The first-order valence-corrected chi connectivity index (χ1v) is 6.92. The SMILES string of the molecule is CC(C)COc1ccc(CSc2ncn[nH]2)cc1. The van der Waals surface area contributed by atoms with Crippen molar-refractivity contribution < 1.29 is 4.74 Å². The topological polar surface area (TPSA) is 50.8 Å². The van der Waals surface area contributed by atoms with Crippen LogP contribution in [0, 0.1) is 5.92 Å². The predicted molar refractivity (Wildman–Crippen MR) is 72.7 cm³/mol. The van der Waals surface area contributed by atoms with Crippen molar-refractivity contribution in [2.45, 2.75) is 24.8 Å². The highest BCUT2D eigenvalue weighted by Gasteiger charge is 2.00.